The second kappa shape index (κ2) is 10.0. The number of benzene rings is 2. The molecule has 1 aromatic heterocycles. The molecule has 8 nitrogen and oxygen atoms in total. The van der Waals surface area contributed by atoms with E-state index >= 15 is 0 Å². The van der Waals surface area contributed by atoms with E-state index in [0.29, 0.717) is 6.54 Å². The van der Waals surface area contributed by atoms with Crippen molar-refractivity contribution in [3.05, 3.63) is 70.7 Å². The molecule has 4 rings (SSSR count). The van der Waals surface area contributed by atoms with Crippen LogP contribution in [-0.2, 0) is 9.53 Å². The van der Waals surface area contributed by atoms with Crippen molar-refractivity contribution in [1.82, 2.24) is 9.88 Å². The summed E-state index contributed by atoms with van der Waals surface area (Å²) in [6.07, 6.45) is -0.809. The predicted octanol–water partition coefficient (Wildman–Crippen LogP) is 4.83. The molecule has 2 N–H and O–H groups in total. The van der Waals surface area contributed by atoms with Gasteiger partial charge in [0.2, 0.25) is 0 Å². The largest absolute Gasteiger partial charge is 0.481 e. The van der Waals surface area contributed by atoms with Gasteiger partial charge in [-0.3, -0.25) is 14.9 Å². The Morgan fingerprint density at radius 3 is 2.32 bits per heavy atom. The van der Waals surface area contributed by atoms with Crippen molar-refractivity contribution < 1.29 is 24.2 Å². The van der Waals surface area contributed by atoms with E-state index in [1.807, 2.05) is 36.4 Å². The topological polar surface area (TPSA) is 109 Å². The Labute approximate surface area is 201 Å². The molecule has 2 aromatic carbocycles. The van der Waals surface area contributed by atoms with Crippen molar-refractivity contribution in [3.8, 4) is 11.1 Å². The molecule has 0 bridgehead atoms. The van der Waals surface area contributed by atoms with Crippen LogP contribution in [0.5, 0.6) is 0 Å². The first-order valence-corrected chi connectivity index (χ1v) is 11.9. The Hall–Kier alpha value is -3.72. The summed E-state index contributed by atoms with van der Waals surface area (Å²) in [6, 6.07) is 15.7. The number of carboxylic acids is 1. The number of carbonyl (C=O) groups is 3. The third-order valence-electron chi connectivity index (χ3n) is 5.88. The van der Waals surface area contributed by atoms with Gasteiger partial charge in [-0.15, -0.1) is 11.3 Å². The van der Waals surface area contributed by atoms with Crippen LogP contribution in [0.3, 0.4) is 0 Å². The first kappa shape index (κ1) is 23.4. The SMILES string of the molecule is CCN(C(=O)c1csc(NC(=O)OCC2c3ccccc3-c3ccccc32)n1)C(C)CC(=O)O. The Balaban J connectivity index is 1.39. The summed E-state index contributed by atoms with van der Waals surface area (Å²) in [4.78, 5) is 41.9. The van der Waals surface area contributed by atoms with Crippen molar-refractivity contribution >= 4 is 34.4 Å². The number of ether oxygens (including phenoxy) is 1. The molecule has 0 radical (unpaired) electrons. The van der Waals surface area contributed by atoms with Crippen LogP contribution < -0.4 is 5.32 Å². The minimum atomic E-state index is -0.977. The van der Waals surface area contributed by atoms with E-state index in [0.717, 1.165) is 33.6 Å². The Bertz CT molecular complexity index is 1180. The first-order chi connectivity index (χ1) is 16.4. The van der Waals surface area contributed by atoms with Crippen molar-refractivity contribution in [1.29, 1.82) is 0 Å². The smallest absolute Gasteiger partial charge is 0.413 e. The van der Waals surface area contributed by atoms with Crippen LogP contribution >= 0.6 is 11.3 Å². The van der Waals surface area contributed by atoms with Gasteiger partial charge in [0, 0.05) is 23.9 Å². The molecule has 176 valence electrons. The second-order valence-corrected chi connectivity index (χ2v) is 8.88. The molecule has 1 aliphatic rings. The van der Waals surface area contributed by atoms with Crippen molar-refractivity contribution in [2.45, 2.75) is 32.2 Å². The summed E-state index contributed by atoms with van der Waals surface area (Å²) >= 11 is 1.11. The third-order valence-corrected chi connectivity index (χ3v) is 6.64. The molecule has 2 amide bonds. The predicted molar refractivity (Wildman–Crippen MR) is 129 cm³/mol. The number of hydrogen-bond acceptors (Lipinski definition) is 6. The highest BCUT2D eigenvalue weighted by atomic mass is 32.1. The maximum Gasteiger partial charge on any atom is 0.413 e. The van der Waals surface area contributed by atoms with Crippen molar-refractivity contribution in [2.75, 3.05) is 18.5 Å². The molecule has 0 aliphatic heterocycles. The summed E-state index contributed by atoms with van der Waals surface area (Å²) in [5, 5.41) is 13.4. The van der Waals surface area contributed by atoms with Gasteiger partial charge in [0.25, 0.3) is 5.91 Å². The lowest BCUT2D eigenvalue weighted by Crippen LogP contribution is -2.39. The number of thiazole rings is 1. The molecule has 0 saturated carbocycles. The summed E-state index contributed by atoms with van der Waals surface area (Å²) in [5.41, 5.74) is 4.68. The molecular weight excluding hydrogens is 454 g/mol. The summed E-state index contributed by atoms with van der Waals surface area (Å²) in [5.74, 6) is -1.41. The normalized spacial score (nSPS) is 13.0. The van der Waals surface area contributed by atoms with Crippen LogP contribution in [0.2, 0.25) is 0 Å². The van der Waals surface area contributed by atoms with Gasteiger partial charge in [0.15, 0.2) is 5.13 Å². The van der Waals surface area contributed by atoms with E-state index in [9.17, 15) is 14.4 Å². The van der Waals surface area contributed by atoms with Gasteiger partial charge in [0.05, 0.1) is 6.42 Å². The van der Waals surface area contributed by atoms with Gasteiger partial charge in [-0.05, 0) is 36.1 Å². The third kappa shape index (κ3) is 4.79. The minimum absolute atomic E-state index is 0.0552. The van der Waals surface area contributed by atoms with Crippen molar-refractivity contribution in [3.63, 3.8) is 0 Å². The van der Waals surface area contributed by atoms with Crippen LogP contribution in [0.4, 0.5) is 9.93 Å². The second-order valence-electron chi connectivity index (χ2n) is 8.03. The number of nitrogens with one attached hydrogen (secondary N) is 1. The first-order valence-electron chi connectivity index (χ1n) is 11.0. The number of aromatic nitrogens is 1. The fourth-order valence-electron chi connectivity index (χ4n) is 4.32. The van der Waals surface area contributed by atoms with E-state index in [1.54, 1.807) is 13.8 Å². The Morgan fingerprint density at radius 2 is 1.74 bits per heavy atom. The molecule has 1 unspecified atom stereocenters. The number of rotatable bonds is 8. The van der Waals surface area contributed by atoms with Crippen molar-refractivity contribution in [2.24, 2.45) is 0 Å². The number of carbonyl (C=O) groups excluding carboxylic acids is 2. The monoisotopic (exact) mass is 479 g/mol. The molecule has 1 aliphatic carbocycles. The van der Waals surface area contributed by atoms with Crippen LogP contribution in [-0.4, -0.2) is 52.2 Å². The van der Waals surface area contributed by atoms with Gasteiger partial charge in [-0.2, -0.15) is 0 Å². The minimum Gasteiger partial charge on any atom is -0.481 e. The lowest BCUT2D eigenvalue weighted by molar-refractivity contribution is -0.138. The van der Waals surface area contributed by atoms with Crippen LogP contribution in [0.25, 0.3) is 11.1 Å². The van der Waals surface area contributed by atoms with Gasteiger partial charge >= 0.3 is 12.1 Å². The lowest BCUT2D eigenvalue weighted by Gasteiger charge is -2.26. The molecule has 0 spiro atoms. The van der Waals surface area contributed by atoms with E-state index in [4.69, 9.17) is 9.84 Å². The maximum atomic E-state index is 12.8. The van der Waals surface area contributed by atoms with E-state index in [2.05, 4.69) is 22.4 Å². The maximum absolute atomic E-state index is 12.8. The molecule has 3 aromatic rings. The Kier molecular flexibility index (Phi) is 6.93. The average molecular weight is 480 g/mol. The zero-order valence-corrected chi connectivity index (χ0v) is 19.7. The number of aliphatic carboxylic acids is 1. The van der Waals surface area contributed by atoms with Gasteiger partial charge < -0.3 is 14.7 Å². The summed E-state index contributed by atoms with van der Waals surface area (Å²) < 4.78 is 5.52. The fourth-order valence-corrected chi connectivity index (χ4v) is 4.99. The van der Waals surface area contributed by atoms with E-state index in [1.165, 1.54) is 10.3 Å². The number of hydrogen-bond donors (Lipinski definition) is 2. The number of anilines is 1. The van der Waals surface area contributed by atoms with E-state index < -0.39 is 18.1 Å². The average Bonchev–Trinajstić information content (AvgIpc) is 3.40. The number of fused-ring (bicyclic) bond motifs is 3. The van der Waals surface area contributed by atoms with E-state index in [-0.39, 0.29) is 35.7 Å². The molecular formula is C25H25N3O5S. The molecule has 34 heavy (non-hydrogen) atoms. The molecule has 1 heterocycles. The zero-order valence-electron chi connectivity index (χ0n) is 18.9. The Morgan fingerprint density at radius 1 is 1.12 bits per heavy atom. The van der Waals surface area contributed by atoms with Gasteiger partial charge in [0.1, 0.15) is 12.3 Å². The number of nitrogens with zero attached hydrogens (tertiary/aromatic N) is 2. The highest BCUT2D eigenvalue weighted by Gasteiger charge is 2.29. The molecule has 0 fully saturated rings. The fraction of sp³-hybridized carbons (Fsp3) is 0.280. The number of carboxylic acid groups (broad SMARTS) is 1. The summed E-state index contributed by atoms with van der Waals surface area (Å²) in [7, 11) is 0. The highest BCUT2D eigenvalue weighted by Crippen LogP contribution is 2.44. The van der Waals surface area contributed by atoms with Gasteiger partial charge in [-0.25, -0.2) is 9.78 Å². The lowest BCUT2D eigenvalue weighted by atomic mass is 9.98. The quantitative estimate of drug-likeness (QED) is 0.479. The van der Waals surface area contributed by atoms with Gasteiger partial charge in [-0.1, -0.05) is 48.5 Å². The molecule has 0 saturated heterocycles. The standard InChI is InChI=1S/C25H25N3O5S/c1-3-28(15(2)12-22(29)30)23(31)21-14-34-24(26-21)27-25(32)33-13-20-18-10-6-4-8-16(18)17-9-5-7-11-19(17)20/h4-11,14-15,20H,3,12-13H2,1-2H3,(H,29,30)(H,26,27,32). The highest BCUT2D eigenvalue weighted by molar-refractivity contribution is 7.14. The summed E-state index contributed by atoms with van der Waals surface area (Å²) in [6.45, 7) is 3.98. The zero-order chi connectivity index (χ0) is 24.2. The van der Waals surface area contributed by atoms with Crippen LogP contribution in [0, 0.1) is 0 Å². The van der Waals surface area contributed by atoms with Crippen LogP contribution in [0.1, 0.15) is 47.8 Å². The van der Waals surface area contributed by atoms with Crippen LogP contribution in [0.15, 0.2) is 53.9 Å². The molecule has 9 heteroatoms. The molecule has 1 atom stereocenters. The number of amides is 2.